The van der Waals surface area contributed by atoms with E-state index in [0.29, 0.717) is 12.0 Å². The Morgan fingerprint density at radius 2 is 2.17 bits per heavy atom. The monoisotopic (exact) mass is 543 g/mol. The van der Waals surface area contributed by atoms with E-state index in [1.54, 1.807) is 18.4 Å². The highest BCUT2D eigenvalue weighted by molar-refractivity contribution is 14.0. The number of nitrogens with zero attached hydrogens (tertiary/aromatic N) is 3. The lowest BCUT2D eigenvalue weighted by Gasteiger charge is -2.22. The van der Waals surface area contributed by atoms with Crippen LogP contribution in [0.15, 0.2) is 34.6 Å². The van der Waals surface area contributed by atoms with Gasteiger partial charge >= 0.3 is 0 Å². The standard InChI is InChI=1S/C22H33N5OS.HI/c1-5-23-22(24-12-10-18-15-29-21(25-18)16(2)3)26-17-11-13-27(14-17)19-8-6-7-9-20(19)28-4;/h6-9,15-17H,5,10-14H2,1-4H3,(H2,23,24,26);1H. The fraction of sp³-hybridized carbons (Fsp3) is 0.545. The average molecular weight is 544 g/mol. The Bertz CT molecular complexity index is 810. The molecule has 1 aliphatic heterocycles. The predicted octanol–water partition coefficient (Wildman–Crippen LogP) is 4.27. The molecule has 166 valence electrons. The van der Waals surface area contributed by atoms with Crippen LogP contribution < -0.4 is 20.3 Å². The van der Waals surface area contributed by atoms with E-state index in [9.17, 15) is 0 Å². The number of hydrogen-bond donors (Lipinski definition) is 2. The van der Waals surface area contributed by atoms with Gasteiger partial charge in [-0.15, -0.1) is 35.3 Å². The smallest absolute Gasteiger partial charge is 0.191 e. The molecule has 0 aliphatic carbocycles. The molecule has 30 heavy (non-hydrogen) atoms. The van der Waals surface area contributed by atoms with Gasteiger partial charge in [-0.25, -0.2) is 4.98 Å². The number of ether oxygens (including phenoxy) is 1. The van der Waals surface area contributed by atoms with Crippen LogP contribution in [-0.2, 0) is 6.42 Å². The number of methoxy groups -OCH3 is 1. The van der Waals surface area contributed by atoms with E-state index in [-0.39, 0.29) is 24.0 Å². The molecule has 1 saturated heterocycles. The molecule has 1 aromatic carbocycles. The molecule has 0 radical (unpaired) electrons. The van der Waals surface area contributed by atoms with Crippen LogP contribution in [0.1, 0.15) is 43.8 Å². The number of benzene rings is 1. The summed E-state index contributed by atoms with van der Waals surface area (Å²) in [6.45, 7) is 10.0. The van der Waals surface area contributed by atoms with E-state index >= 15 is 0 Å². The van der Waals surface area contributed by atoms with Crippen LogP contribution in [-0.4, -0.2) is 50.3 Å². The average Bonchev–Trinajstić information content (AvgIpc) is 3.38. The lowest BCUT2D eigenvalue weighted by Crippen LogP contribution is -2.44. The van der Waals surface area contributed by atoms with Crippen LogP contribution in [0.4, 0.5) is 5.69 Å². The van der Waals surface area contributed by atoms with Crippen LogP contribution >= 0.6 is 35.3 Å². The number of anilines is 1. The highest BCUT2D eigenvalue weighted by atomic mass is 127. The summed E-state index contributed by atoms with van der Waals surface area (Å²) in [5.74, 6) is 2.31. The minimum absolute atomic E-state index is 0. The van der Waals surface area contributed by atoms with Crippen LogP contribution in [0.25, 0.3) is 0 Å². The molecule has 2 N–H and O–H groups in total. The molecule has 3 rings (SSSR count). The first-order valence-electron chi connectivity index (χ1n) is 10.5. The zero-order valence-corrected chi connectivity index (χ0v) is 21.5. The fourth-order valence-electron chi connectivity index (χ4n) is 3.49. The summed E-state index contributed by atoms with van der Waals surface area (Å²) < 4.78 is 5.52. The third-order valence-electron chi connectivity index (χ3n) is 5.00. The number of hydrogen-bond acceptors (Lipinski definition) is 5. The molecule has 0 bridgehead atoms. The van der Waals surface area contributed by atoms with Crippen molar-refractivity contribution in [2.45, 2.75) is 45.6 Å². The fourth-order valence-corrected chi connectivity index (χ4v) is 4.36. The second kappa shape index (κ2) is 12.3. The Hall–Kier alpha value is -1.55. The van der Waals surface area contributed by atoms with Crippen molar-refractivity contribution in [3.8, 4) is 5.75 Å². The molecule has 1 atom stereocenters. The highest BCUT2D eigenvalue weighted by Gasteiger charge is 2.25. The number of halogens is 1. The predicted molar refractivity (Wildman–Crippen MR) is 138 cm³/mol. The first-order chi connectivity index (χ1) is 14.1. The third-order valence-corrected chi connectivity index (χ3v) is 6.19. The van der Waals surface area contributed by atoms with Gasteiger partial charge < -0.3 is 20.3 Å². The van der Waals surface area contributed by atoms with Gasteiger partial charge in [0.2, 0.25) is 0 Å². The van der Waals surface area contributed by atoms with E-state index in [1.807, 2.05) is 12.1 Å². The number of para-hydroxylation sites is 2. The minimum Gasteiger partial charge on any atom is -0.495 e. The van der Waals surface area contributed by atoms with Gasteiger partial charge in [0.25, 0.3) is 0 Å². The Labute approximate surface area is 201 Å². The normalized spacial score (nSPS) is 16.5. The largest absolute Gasteiger partial charge is 0.495 e. The molecule has 1 unspecified atom stereocenters. The maximum Gasteiger partial charge on any atom is 0.191 e. The Morgan fingerprint density at radius 3 is 2.87 bits per heavy atom. The topological polar surface area (TPSA) is 61.8 Å². The summed E-state index contributed by atoms with van der Waals surface area (Å²) in [7, 11) is 1.73. The van der Waals surface area contributed by atoms with Crippen molar-refractivity contribution in [3.63, 3.8) is 0 Å². The van der Waals surface area contributed by atoms with Gasteiger partial charge in [-0.2, -0.15) is 0 Å². The van der Waals surface area contributed by atoms with E-state index in [4.69, 9.17) is 14.7 Å². The molecule has 0 amide bonds. The summed E-state index contributed by atoms with van der Waals surface area (Å²) in [5.41, 5.74) is 2.30. The molecule has 2 heterocycles. The highest BCUT2D eigenvalue weighted by Crippen LogP contribution is 2.30. The zero-order chi connectivity index (χ0) is 20.6. The summed E-state index contributed by atoms with van der Waals surface area (Å²) in [5, 5.41) is 10.3. The summed E-state index contributed by atoms with van der Waals surface area (Å²) in [4.78, 5) is 11.9. The number of aromatic nitrogens is 1. The van der Waals surface area contributed by atoms with E-state index in [1.165, 1.54) is 5.01 Å². The number of nitrogens with one attached hydrogen (secondary N) is 2. The van der Waals surface area contributed by atoms with Gasteiger partial charge in [0.15, 0.2) is 5.96 Å². The zero-order valence-electron chi connectivity index (χ0n) is 18.4. The summed E-state index contributed by atoms with van der Waals surface area (Å²) in [6, 6.07) is 8.58. The first-order valence-corrected chi connectivity index (χ1v) is 11.4. The van der Waals surface area contributed by atoms with Crippen molar-refractivity contribution in [2.75, 3.05) is 38.2 Å². The molecule has 1 aliphatic rings. The van der Waals surface area contributed by atoms with Gasteiger partial charge in [-0.05, 0) is 25.5 Å². The molecule has 6 nitrogen and oxygen atoms in total. The SMILES string of the molecule is CCNC(=NCCc1csc(C(C)C)n1)NC1CCN(c2ccccc2OC)C1.I. The lowest BCUT2D eigenvalue weighted by molar-refractivity contribution is 0.415. The van der Waals surface area contributed by atoms with Gasteiger partial charge in [0.05, 0.1) is 23.5 Å². The van der Waals surface area contributed by atoms with Crippen LogP contribution in [0, 0.1) is 0 Å². The van der Waals surface area contributed by atoms with E-state index in [2.05, 4.69) is 53.8 Å². The number of guanidine groups is 1. The van der Waals surface area contributed by atoms with Crippen molar-refractivity contribution in [1.82, 2.24) is 15.6 Å². The van der Waals surface area contributed by atoms with Crippen LogP contribution in [0.3, 0.4) is 0 Å². The van der Waals surface area contributed by atoms with Gasteiger partial charge in [-0.1, -0.05) is 26.0 Å². The maximum absolute atomic E-state index is 5.52. The maximum atomic E-state index is 5.52. The quantitative estimate of drug-likeness (QED) is 0.296. The third kappa shape index (κ3) is 6.73. The Balaban J connectivity index is 0.00000320. The number of aliphatic imine (C=N–C) groups is 1. The number of thiazole rings is 1. The molecule has 2 aromatic rings. The second-order valence-electron chi connectivity index (χ2n) is 7.59. The van der Waals surface area contributed by atoms with E-state index in [0.717, 1.165) is 62.1 Å². The van der Waals surface area contributed by atoms with E-state index < -0.39 is 0 Å². The molecular formula is C22H34IN5OS. The van der Waals surface area contributed by atoms with Gasteiger partial charge in [0.1, 0.15) is 5.75 Å². The molecule has 1 fully saturated rings. The van der Waals surface area contributed by atoms with Crippen molar-refractivity contribution < 1.29 is 4.74 Å². The van der Waals surface area contributed by atoms with Crippen molar-refractivity contribution in [2.24, 2.45) is 4.99 Å². The van der Waals surface area contributed by atoms with Crippen LogP contribution in [0.2, 0.25) is 0 Å². The summed E-state index contributed by atoms with van der Waals surface area (Å²) in [6.07, 6.45) is 1.95. The second-order valence-corrected chi connectivity index (χ2v) is 8.48. The molecular weight excluding hydrogens is 509 g/mol. The first kappa shape index (κ1) is 24.7. The van der Waals surface area contributed by atoms with Gasteiger partial charge in [-0.3, -0.25) is 4.99 Å². The Kier molecular flexibility index (Phi) is 10.2. The van der Waals surface area contributed by atoms with Crippen molar-refractivity contribution >= 4 is 47.0 Å². The minimum atomic E-state index is 0. The Morgan fingerprint density at radius 1 is 1.37 bits per heavy atom. The number of rotatable bonds is 8. The molecule has 8 heteroatoms. The molecule has 0 spiro atoms. The van der Waals surface area contributed by atoms with Crippen LogP contribution in [0.5, 0.6) is 5.75 Å². The lowest BCUT2D eigenvalue weighted by atomic mass is 10.2. The molecule has 0 saturated carbocycles. The van der Waals surface area contributed by atoms with Gasteiger partial charge in [0, 0.05) is 49.9 Å². The van der Waals surface area contributed by atoms with Crippen molar-refractivity contribution in [3.05, 3.63) is 40.3 Å². The summed E-state index contributed by atoms with van der Waals surface area (Å²) >= 11 is 1.75. The molecule has 1 aromatic heterocycles. The van der Waals surface area contributed by atoms with Crippen molar-refractivity contribution in [1.29, 1.82) is 0 Å².